The Kier molecular flexibility index (Phi) is 8.64. The highest BCUT2D eigenvalue weighted by molar-refractivity contribution is 5.72. The normalized spacial score (nSPS) is 28.3. The van der Waals surface area contributed by atoms with Crippen molar-refractivity contribution in [2.75, 3.05) is 6.61 Å². The van der Waals surface area contributed by atoms with Crippen molar-refractivity contribution in [2.45, 2.75) is 72.2 Å². The summed E-state index contributed by atoms with van der Waals surface area (Å²) in [6, 6.07) is 0. The van der Waals surface area contributed by atoms with Crippen LogP contribution in [0, 0.1) is 17.8 Å². The maximum Gasteiger partial charge on any atom is 0.310 e. The molecule has 2 N–H and O–H groups in total. The molecule has 156 valence electrons. The van der Waals surface area contributed by atoms with E-state index in [0.717, 1.165) is 0 Å². The van der Waals surface area contributed by atoms with Gasteiger partial charge in [-0.15, -0.1) is 0 Å². The van der Waals surface area contributed by atoms with Gasteiger partial charge in [0.25, 0.3) is 0 Å². The Morgan fingerprint density at radius 3 is 1.78 bits per heavy atom. The number of rotatable bonds is 7. The molecule has 1 aliphatic rings. The second kappa shape index (κ2) is 10.0. The Morgan fingerprint density at radius 1 is 0.815 bits per heavy atom. The van der Waals surface area contributed by atoms with Crippen molar-refractivity contribution in [3.8, 4) is 0 Å². The Balaban J connectivity index is 2.96. The SMILES string of the molecule is CC(C)C(=O)OC[C@H]1O[C@@H](OC(=O)C(C)C)[C@H](O)[C@@H](OC(=O)C(C)C)[C@@H]1O. The maximum atomic E-state index is 11.9. The first-order valence-corrected chi connectivity index (χ1v) is 9.04. The number of hydrogen-bond acceptors (Lipinski definition) is 9. The predicted octanol–water partition coefficient (Wildman–Crippen LogP) is 0.399. The van der Waals surface area contributed by atoms with E-state index in [-0.39, 0.29) is 12.5 Å². The summed E-state index contributed by atoms with van der Waals surface area (Å²) >= 11 is 0. The van der Waals surface area contributed by atoms with Gasteiger partial charge in [-0.25, -0.2) is 0 Å². The molecule has 9 nitrogen and oxygen atoms in total. The van der Waals surface area contributed by atoms with Crippen molar-refractivity contribution in [1.82, 2.24) is 0 Å². The fraction of sp³-hybridized carbons (Fsp3) is 0.833. The molecule has 0 aliphatic carbocycles. The van der Waals surface area contributed by atoms with Crippen LogP contribution < -0.4 is 0 Å². The average Bonchev–Trinajstić information content (AvgIpc) is 2.58. The van der Waals surface area contributed by atoms with Gasteiger partial charge < -0.3 is 29.2 Å². The second-order valence-corrected chi connectivity index (χ2v) is 7.46. The summed E-state index contributed by atoms with van der Waals surface area (Å²) in [5.74, 6) is -3.17. The number of carbonyl (C=O) groups excluding carboxylic acids is 3. The molecular formula is C18H30O9. The molecule has 1 aliphatic heterocycles. The molecule has 9 heteroatoms. The minimum absolute atomic E-state index is 0.351. The van der Waals surface area contributed by atoms with Crippen LogP contribution in [0.25, 0.3) is 0 Å². The Morgan fingerprint density at radius 2 is 1.30 bits per heavy atom. The molecule has 0 radical (unpaired) electrons. The van der Waals surface area contributed by atoms with Crippen LogP contribution in [-0.4, -0.2) is 65.4 Å². The zero-order valence-corrected chi connectivity index (χ0v) is 16.6. The summed E-state index contributed by atoms with van der Waals surface area (Å²) in [5.41, 5.74) is 0. The molecule has 0 unspecified atom stereocenters. The third kappa shape index (κ3) is 6.44. The zero-order chi connectivity index (χ0) is 20.9. The van der Waals surface area contributed by atoms with Crippen LogP contribution in [0.4, 0.5) is 0 Å². The van der Waals surface area contributed by atoms with Gasteiger partial charge in [0, 0.05) is 0 Å². The van der Waals surface area contributed by atoms with Crippen LogP contribution in [0.5, 0.6) is 0 Å². The van der Waals surface area contributed by atoms with Crippen LogP contribution in [0.2, 0.25) is 0 Å². The van der Waals surface area contributed by atoms with Crippen LogP contribution in [0.15, 0.2) is 0 Å². The van der Waals surface area contributed by atoms with Crippen LogP contribution in [0.1, 0.15) is 41.5 Å². The maximum absolute atomic E-state index is 11.9. The number of aliphatic hydroxyl groups is 2. The van der Waals surface area contributed by atoms with Gasteiger partial charge in [-0.3, -0.25) is 14.4 Å². The number of hydrogen-bond donors (Lipinski definition) is 2. The minimum atomic E-state index is -1.59. The number of carbonyl (C=O) groups is 3. The topological polar surface area (TPSA) is 129 Å². The third-order valence-corrected chi connectivity index (χ3v) is 3.93. The first-order chi connectivity index (χ1) is 12.5. The molecule has 0 aromatic carbocycles. The van der Waals surface area contributed by atoms with E-state index < -0.39 is 60.4 Å². The van der Waals surface area contributed by atoms with Crippen molar-refractivity contribution in [3.05, 3.63) is 0 Å². The van der Waals surface area contributed by atoms with Crippen molar-refractivity contribution in [2.24, 2.45) is 17.8 Å². The standard InChI is InChI=1S/C18H30O9/c1-8(2)15(21)24-7-11-12(19)14(26-16(22)9(3)4)13(20)18(25-11)27-17(23)10(5)6/h8-14,18-20H,7H2,1-6H3/t11-,12-,13-,14+,18+/m1/s1. The Labute approximate surface area is 158 Å². The molecule has 1 heterocycles. The van der Waals surface area contributed by atoms with Crippen molar-refractivity contribution < 1.29 is 43.5 Å². The van der Waals surface area contributed by atoms with Gasteiger partial charge in [-0.2, -0.15) is 0 Å². The molecule has 1 saturated heterocycles. The highest BCUT2D eigenvalue weighted by atomic mass is 16.7. The lowest BCUT2D eigenvalue weighted by atomic mass is 9.98. The van der Waals surface area contributed by atoms with E-state index in [4.69, 9.17) is 18.9 Å². The fourth-order valence-corrected chi connectivity index (χ4v) is 2.13. The van der Waals surface area contributed by atoms with Crippen molar-refractivity contribution in [1.29, 1.82) is 0 Å². The van der Waals surface area contributed by atoms with E-state index in [1.54, 1.807) is 41.5 Å². The summed E-state index contributed by atoms with van der Waals surface area (Å²) < 4.78 is 20.8. The molecule has 0 aromatic rings. The first-order valence-electron chi connectivity index (χ1n) is 9.04. The van der Waals surface area contributed by atoms with Gasteiger partial charge in [0.15, 0.2) is 12.2 Å². The minimum Gasteiger partial charge on any atom is -0.463 e. The van der Waals surface area contributed by atoms with Gasteiger partial charge in [-0.05, 0) is 0 Å². The largest absolute Gasteiger partial charge is 0.463 e. The van der Waals surface area contributed by atoms with Gasteiger partial charge in [0.1, 0.15) is 18.8 Å². The first kappa shape index (κ1) is 23.3. The lowest BCUT2D eigenvalue weighted by molar-refractivity contribution is -0.297. The van der Waals surface area contributed by atoms with Crippen molar-refractivity contribution in [3.63, 3.8) is 0 Å². The molecule has 5 atom stereocenters. The monoisotopic (exact) mass is 390 g/mol. The molecule has 27 heavy (non-hydrogen) atoms. The lowest BCUT2D eigenvalue weighted by Gasteiger charge is -2.41. The summed E-state index contributed by atoms with van der Waals surface area (Å²) in [7, 11) is 0. The molecule has 0 aromatic heterocycles. The summed E-state index contributed by atoms with van der Waals surface area (Å²) in [5, 5.41) is 20.8. The highest BCUT2D eigenvalue weighted by Crippen LogP contribution is 2.26. The van der Waals surface area contributed by atoms with Gasteiger partial charge >= 0.3 is 17.9 Å². The second-order valence-electron chi connectivity index (χ2n) is 7.46. The average molecular weight is 390 g/mol. The summed E-state index contributed by atoms with van der Waals surface area (Å²) in [6.07, 6.45) is -7.09. The molecular weight excluding hydrogens is 360 g/mol. The van der Waals surface area contributed by atoms with Gasteiger partial charge in [0.2, 0.25) is 6.29 Å². The molecule has 0 spiro atoms. The van der Waals surface area contributed by atoms with E-state index in [1.165, 1.54) is 0 Å². The number of aliphatic hydroxyl groups excluding tert-OH is 2. The molecule has 1 fully saturated rings. The highest BCUT2D eigenvalue weighted by Gasteiger charge is 2.49. The van der Waals surface area contributed by atoms with Crippen LogP contribution in [-0.2, 0) is 33.3 Å². The van der Waals surface area contributed by atoms with Crippen LogP contribution in [0.3, 0.4) is 0 Å². The molecule has 0 saturated carbocycles. The summed E-state index contributed by atoms with van der Waals surface area (Å²) in [6.45, 7) is 9.33. The van der Waals surface area contributed by atoms with Crippen LogP contribution >= 0.6 is 0 Å². The van der Waals surface area contributed by atoms with E-state index in [9.17, 15) is 24.6 Å². The Hall–Kier alpha value is -1.71. The molecule has 0 bridgehead atoms. The summed E-state index contributed by atoms with van der Waals surface area (Å²) in [4.78, 5) is 35.5. The number of ether oxygens (including phenoxy) is 4. The Bertz CT molecular complexity index is 529. The van der Waals surface area contributed by atoms with Crippen molar-refractivity contribution >= 4 is 17.9 Å². The van der Waals surface area contributed by atoms with E-state index in [2.05, 4.69) is 0 Å². The number of esters is 3. The zero-order valence-electron chi connectivity index (χ0n) is 16.6. The molecule has 1 rings (SSSR count). The van der Waals surface area contributed by atoms with E-state index >= 15 is 0 Å². The van der Waals surface area contributed by atoms with Gasteiger partial charge in [-0.1, -0.05) is 41.5 Å². The lowest BCUT2D eigenvalue weighted by Crippen LogP contribution is -2.61. The smallest absolute Gasteiger partial charge is 0.310 e. The van der Waals surface area contributed by atoms with Gasteiger partial charge in [0.05, 0.1) is 17.8 Å². The molecule has 0 amide bonds. The van der Waals surface area contributed by atoms with E-state index in [0.29, 0.717) is 0 Å². The van der Waals surface area contributed by atoms with E-state index in [1.807, 2.05) is 0 Å². The quantitative estimate of drug-likeness (QED) is 0.469. The third-order valence-electron chi connectivity index (χ3n) is 3.93. The predicted molar refractivity (Wildman–Crippen MR) is 92.1 cm³/mol. The fourth-order valence-electron chi connectivity index (χ4n) is 2.13.